The van der Waals surface area contributed by atoms with Gasteiger partial charge in [0.15, 0.2) is 0 Å². The molecule has 0 aromatic heterocycles. The highest BCUT2D eigenvalue weighted by atomic mass is 32.2. The van der Waals surface area contributed by atoms with Gasteiger partial charge in [-0.2, -0.15) is 13.2 Å². The summed E-state index contributed by atoms with van der Waals surface area (Å²) in [7, 11) is -1.49. The number of nitrogens with two attached hydrogens (primary N) is 1. The van der Waals surface area contributed by atoms with Crippen LogP contribution in [-0.4, -0.2) is 21.2 Å². The minimum Gasteiger partial charge on any atom is -0.398 e. The Morgan fingerprint density at radius 3 is 2.65 bits per heavy atom. The van der Waals surface area contributed by atoms with Crippen LogP contribution in [0.2, 0.25) is 0 Å². The third-order valence-electron chi connectivity index (χ3n) is 1.95. The fourth-order valence-electron chi connectivity index (χ4n) is 1.18. The van der Waals surface area contributed by atoms with Gasteiger partial charge in [0.1, 0.15) is 0 Å². The van der Waals surface area contributed by atoms with Gasteiger partial charge in [0, 0.05) is 17.2 Å². The summed E-state index contributed by atoms with van der Waals surface area (Å²) in [6.45, 7) is 1.81. The van der Waals surface area contributed by atoms with E-state index in [-0.39, 0.29) is 23.3 Å². The van der Waals surface area contributed by atoms with Gasteiger partial charge in [0.05, 0.1) is 15.7 Å². The van der Waals surface area contributed by atoms with Crippen molar-refractivity contribution in [2.24, 2.45) is 0 Å². The van der Waals surface area contributed by atoms with Crippen molar-refractivity contribution in [3.05, 3.63) is 23.8 Å². The molecule has 0 saturated carbocycles. The Bertz CT molecular complexity index is 421. The molecule has 0 radical (unpaired) electrons. The zero-order valence-electron chi connectivity index (χ0n) is 9.08. The minimum absolute atomic E-state index is 0.0577. The summed E-state index contributed by atoms with van der Waals surface area (Å²) in [5, 5.41) is 0. The van der Waals surface area contributed by atoms with Gasteiger partial charge in [-0.05, 0) is 24.6 Å². The molecule has 17 heavy (non-hydrogen) atoms. The number of nitrogen functional groups attached to an aromatic ring is 1. The van der Waals surface area contributed by atoms with Gasteiger partial charge in [-0.3, -0.25) is 4.21 Å². The molecule has 2 N–H and O–H groups in total. The molecular weight excluding hydrogens is 271 g/mol. The van der Waals surface area contributed by atoms with Gasteiger partial charge in [0.25, 0.3) is 0 Å². The molecule has 0 saturated heterocycles. The zero-order valence-corrected chi connectivity index (χ0v) is 10.7. The molecule has 0 aliphatic rings. The Morgan fingerprint density at radius 1 is 1.41 bits per heavy atom. The number of rotatable bonds is 4. The molecule has 1 atom stereocenters. The van der Waals surface area contributed by atoms with Crippen molar-refractivity contribution >= 4 is 28.2 Å². The first-order valence-corrected chi connectivity index (χ1v) is 7.05. The SMILES string of the molecule is Cc1ccc(N)c(S(=O)CCSC(F)(F)F)c1. The van der Waals surface area contributed by atoms with Crippen LogP contribution in [0.3, 0.4) is 0 Å². The summed E-state index contributed by atoms with van der Waals surface area (Å²) < 4.78 is 47.4. The topological polar surface area (TPSA) is 43.1 Å². The second kappa shape index (κ2) is 5.77. The Balaban J connectivity index is 2.61. The lowest BCUT2D eigenvalue weighted by molar-refractivity contribution is -0.0326. The zero-order chi connectivity index (χ0) is 13.1. The number of anilines is 1. The Kier molecular flexibility index (Phi) is 4.88. The van der Waals surface area contributed by atoms with Crippen LogP contribution in [0.25, 0.3) is 0 Å². The number of alkyl halides is 3. The molecule has 96 valence electrons. The molecule has 0 amide bonds. The number of halogens is 3. The summed E-state index contributed by atoms with van der Waals surface area (Å²) in [6.07, 6.45) is 0. The Hall–Kier alpha value is -0.690. The average molecular weight is 283 g/mol. The van der Waals surface area contributed by atoms with Gasteiger partial charge in [-0.25, -0.2) is 0 Å². The van der Waals surface area contributed by atoms with Crippen LogP contribution < -0.4 is 5.73 Å². The van der Waals surface area contributed by atoms with E-state index in [0.717, 1.165) is 5.56 Å². The van der Waals surface area contributed by atoms with Crippen molar-refractivity contribution in [1.29, 1.82) is 0 Å². The van der Waals surface area contributed by atoms with Crippen molar-refractivity contribution in [3.63, 3.8) is 0 Å². The molecule has 0 bridgehead atoms. The van der Waals surface area contributed by atoms with Crippen molar-refractivity contribution < 1.29 is 17.4 Å². The van der Waals surface area contributed by atoms with Crippen molar-refractivity contribution in [2.45, 2.75) is 17.3 Å². The molecule has 1 aromatic carbocycles. The number of aryl methyl sites for hydroxylation is 1. The van der Waals surface area contributed by atoms with Gasteiger partial charge in [0.2, 0.25) is 0 Å². The first kappa shape index (κ1) is 14.4. The summed E-state index contributed by atoms with van der Waals surface area (Å²) in [5.74, 6) is -0.290. The number of hydrogen-bond acceptors (Lipinski definition) is 3. The van der Waals surface area contributed by atoms with Gasteiger partial charge >= 0.3 is 5.51 Å². The molecule has 0 fully saturated rings. The lowest BCUT2D eigenvalue weighted by atomic mass is 10.2. The van der Waals surface area contributed by atoms with Crippen molar-refractivity contribution in [1.82, 2.24) is 0 Å². The molecule has 0 spiro atoms. The van der Waals surface area contributed by atoms with E-state index in [1.165, 1.54) is 0 Å². The largest absolute Gasteiger partial charge is 0.441 e. The molecule has 0 aliphatic carbocycles. The number of benzene rings is 1. The van der Waals surface area contributed by atoms with Crippen LogP contribution >= 0.6 is 11.8 Å². The van der Waals surface area contributed by atoms with E-state index in [2.05, 4.69) is 0 Å². The second-order valence-electron chi connectivity index (χ2n) is 3.39. The normalized spacial score (nSPS) is 13.6. The van der Waals surface area contributed by atoms with E-state index in [0.29, 0.717) is 10.6 Å². The van der Waals surface area contributed by atoms with Crippen molar-refractivity contribution in [3.8, 4) is 0 Å². The predicted octanol–water partition coefficient (Wildman–Crippen LogP) is 2.94. The van der Waals surface area contributed by atoms with Crippen LogP contribution in [-0.2, 0) is 10.8 Å². The van der Waals surface area contributed by atoms with Gasteiger partial charge < -0.3 is 5.73 Å². The van der Waals surface area contributed by atoms with E-state index >= 15 is 0 Å². The lowest BCUT2D eigenvalue weighted by Gasteiger charge is -2.08. The predicted molar refractivity (Wildman–Crippen MR) is 65.4 cm³/mol. The monoisotopic (exact) mass is 283 g/mol. The highest BCUT2D eigenvalue weighted by molar-refractivity contribution is 8.00. The first-order chi connectivity index (χ1) is 7.79. The fourth-order valence-corrected chi connectivity index (χ4v) is 3.22. The summed E-state index contributed by atoms with van der Waals surface area (Å²) >= 11 is -0.167. The Labute approximate surface area is 104 Å². The molecule has 1 unspecified atom stereocenters. The summed E-state index contributed by atoms with van der Waals surface area (Å²) in [4.78, 5) is 0.410. The van der Waals surface area contributed by atoms with Gasteiger partial charge in [-0.15, -0.1) is 0 Å². The molecule has 7 heteroatoms. The lowest BCUT2D eigenvalue weighted by Crippen LogP contribution is -2.08. The quantitative estimate of drug-likeness (QED) is 0.864. The molecule has 2 nitrogen and oxygen atoms in total. The smallest absolute Gasteiger partial charge is 0.398 e. The summed E-state index contributed by atoms with van der Waals surface area (Å²) in [6, 6.07) is 5.02. The highest BCUT2D eigenvalue weighted by Crippen LogP contribution is 2.30. The third-order valence-corrected chi connectivity index (χ3v) is 4.36. The molecule has 0 heterocycles. The van der Waals surface area contributed by atoms with E-state index in [9.17, 15) is 17.4 Å². The maximum atomic E-state index is 11.9. The van der Waals surface area contributed by atoms with E-state index in [4.69, 9.17) is 5.73 Å². The maximum absolute atomic E-state index is 11.9. The summed E-state index contributed by atoms with van der Waals surface area (Å²) in [5.41, 5.74) is 2.58. The highest BCUT2D eigenvalue weighted by Gasteiger charge is 2.28. The standard InChI is InChI=1S/C10H12F3NOS2/c1-7-2-3-8(14)9(6-7)17(15)5-4-16-10(11,12)13/h2-3,6H,4-5,14H2,1H3. The first-order valence-electron chi connectivity index (χ1n) is 4.75. The van der Waals surface area contributed by atoms with Crippen molar-refractivity contribution in [2.75, 3.05) is 17.2 Å². The van der Waals surface area contributed by atoms with Crippen LogP contribution in [0, 0.1) is 6.92 Å². The second-order valence-corrected chi connectivity index (χ2v) is 6.08. The van der Waals surface area contributed by atoms with Crippen LogP contribution in [0.4, 0.5) is 18.9 Å². The molecular formula is C10H12F3NOS2. The van der Waals surface area contributed by atoms with E-state index in [1.807, 2.05) is 6.92 Å². The Morgan fingerprint density at radius 2 is 2.06 bits per heavy atom. The average Bonchev–Trinajstić information content (AvgIpc) is 2.19. The number of hydrogen-bond donors (Lipinski definition) is 1. The van der Waals surface area contributed by atoms with E-state index < -0.39 is 16.3 Å². The van der Waals surface area contributed by atoms with E-state index in [1.54, 1.807) is 18.2 Å². The minimum atomic E-state index is -4.28. The fraction of sp³-hybridized carbons (Fsp3) is 0.400. The number of thioether (sulfide) groups is 1. The van der Waals surface area contributed by atoms with Gasteiger partial charge in [-0.1, -0.05) is 17.8 Å². The van der Waals surface area contributed by atoms with Crippen LogP contribution in [0.5, 0.6) is 0 Å². The molecule has 1 rings (SSSR count). The molecule has 1 aromatic rings. The van der Waals surface area contributed by atoms with Crippen LogP contribution in [0.15, 0.2) is 23.1 Å². The molecule has 0 aliphatic heterocycles. The van der Waals surface area contributed by atoms with Crippen LogP contribution in [0.1, 0.15) is 5.56 Å². The third kappa shape index (κ3) is 4.99. The maximum Gasteiger partial charge on any atom is 0.441 e.